The summed E-state index contributed by atoms with van der Waals surface area (Å²) in [6.07, 6.45) is 0. The van der Waals surface area contributed by atoms with Crippen molar-refractivity contribution in [3.63, 3.8) is 0 Å². The number of esters is 1. The molecule has 19 heavy (non-hydrogen) atoms. The quantitative estimate of drug-likeness (QED) is 0.679. The van der Waals surface area contributed by atoms with E-state index in [1.165, 1.54) is 0 Å². The van der Waals surface area contributed by atoms with E-state index in [0.29, 0.717) is 0 Å². The molecule has 1 atom stereocenters. The smallest absolute Gasteiger partial charge is 0.331 e. The van der Waals surface area contributed by atoms with Crippen LogP contribution in [0.2, 0.25) is 0 Å². The minimum atomic E-state index is -1.21. The van der Waals surface area contributed by atoms with Crippen molar-refractivity contribution in [3.8, 4) is 0 Å². The van der Waals surface area contributed by atoms with E-state index in [2.05, 4.69) is 0 Å². The van der Waals surface area contributed by atoms with E-state index in [1.807, 2.05) is 30.3 Å². The second-order valence-electron chi connectivity index (χ2n) is 5.19. The highest BCUT2D eigenvalue weighted by Crippen LogP contribution is 2.16. The normalized spacial score (nSPS) is 12.2. The first-order chi connectivity index (χ1) is 8.32. The molecular weight excluding hydrogens is 266 g/mol. The van der Waals surface area contributed by atoms with Gasteiger partial charge in [0.25, 0.3) is 0 Å². The molecule has 4 nitrogen and oxygen atoms in total. The number of benzene rings is 1. The average Bonchev–Trinajstić information content (AvgIpc) is 2.34. The van der Waals surface area contributed by atoms with Gasteiger partial charge in [0, 0.05) is 5.41 Å². The number of rotatable bonds is 4. The maximum absolute atomic E-state index is 11.8. The summed E-state index contributed by atoms with van der Waals surface area (Å²) in [4.78, 5) is 23.4. The van der Waals surface area contributed by atoms with Crippen LogP contribution in [0.3, 0.4) is 0 Å². The van der Waals surface area contributed by atoms with Crippen LogP contribution in [0.25, 0.3) is 0 Å². The Balaban J connectivity index is 0.00000324. The summed E-state index contributed by atoms with van der Waals surface area (Å²) >= 11 is 0. The first kappa shape index (κ1) is 17.6. The molecule has 1 unspecified atom stereocenters. The molecule has 0 spiro atoms. The molecule has 0 amide bonds. The van der Waals surface area contributed by atoms with Gasteiger partial charge in [0.1, 0.15) is 6.61 Å². The highest BCUT2D eigenvalue weighted by atomic mass is 35.5. The molecule has 106 valence electrons. The third kappa shape index (κ3) is 5.41. The summed E-state index contributed by atoms with van der Waals surface area (Å²) in [6, 6.07) is 8.04. The van der Waals surface area contributed by atoms with Crippen molar-refractivity contribution in [2.24, 2.45) is 11.1 Å². The summed E-state index contributed by atoms with van der Waals surface area (Å²) in [5, 5.41) is 0. The third-order valence-corrected chi connectivity index (χ3v) is 2.50. The highest BCUT2D eigenvalue weighted by Gasteiger charge is 2.32. The van der Waals surface area contributed by atoms with Crippen LogP contribution in [-0.2, 0) is 20.9 Å². The Morgan fingerprint density at radius 1 is 1.21 bits per heavy atom. The van der Waals surface area contributed by atoms with Gasteiger partial charge in [-0.25, -0.2) is 4.79 Å². The largest absolute Gasteiger partial charge is 0.459 e. The van der Waals surface area contributed by atoms with Crippen LogP contribution in [0.5, 0.6) is 0 Å². The maximum Gasteiger partial charge on any atom is 0.331 e. The summed E-state index contributed by atoms with van der Waals surface area (Å²) in [7, 11) is 0. The second kappa shape index (κ2) is 7.26. The topological polar surface area (TPSA) is 69.4 Å². The molecule has 0 aliphatic rings. The first-order valence-electron chi connectivity index (χ1n) is 5.83. The van der Waals surface area contributed by atoms with E-state index < -0.39 is 17.4 Å². The fourth-order valence-electron chi connectivity index (χ4n) is 1.39. The van der Waals surface area contributed by atoms with Crippen molar-refractivity contribution in [1.82, 2.24) is 0 Å². The predicted octanol–water partition coefficient (Wildman–Crippen LogP) is 2.09. The molecule has 0 fully saturated rings. The average molecular weight is 286 g/mol. The van der Waals surface area contributed by atoms with Gasteiger partial charge in [-0.2, -0.15) is 0 Å². The molecule has 1 rings (SSSR count). The SMILES string of the molecule is CC(C)(C)C(=O)C(N)C(=O)OCc1ccccc1.Cl. The third-order valence-electron chi connectivity index (χ3n) is 2.50. The zero-order valence-corrected chi connectivity index (χ0v) is 12.2. The van der Waals surface area contributed by atoms with E-state index in [9.17, 15) is 9.59 Å². The molecule has 0 saturated heterocycles. The predicted molar refractivity (Wildman–Crippen MR) is 75.9 cm³/mol. The number of ketones is 1. The van der Waals surface area contributed by atoms with Crippen molar-refractivity contribution in [2.45, 2.75) is 33.4 Å². The summed E-state index contributed by atoms with van der Waals surface area (Å²) in [6.45, 7) is 5.30. The van der Waals surface area contributed by atoms with Gasteiger partial charge in [0.05, 0.1) is 0 Å². The minimum Gasteiger partial charge on any atom is -0.459 e. The Labute approximate surface area is 119 Å². The summed E-state index contributed by atoms with van der Waals surface area (Å²) < 4.78 is 5.02. The van der Waals surface area contributed by atoms with E-state index >= 15 is 0 Å². The lowest BCUT2D eigenvalue weighted by Gasteiger charge is -2.20. The number of ether oxygens (including phenoxy) is 1. The molecule has 0 saturated carbocycles. The van der Waals surface area contributed by atoms with Crippen LogP contribution in [0, 0.1) is 5.41 Å². The molecule has 1 aromatic carbocycles. The van der Waals surface area contributed by atoms with Crippen LogP contribution >= 0.6 is 12.4 Å². The lowest BCUT2D eigenvalue weighted by Crippen LogP contribution is -2.45. The number of halogens is 1. The van der Waals surface area contributed by atoms with Gasteiger partial charge in [0.2, 0.25) is 0 Å². The van der Waals surface area contributed by atoms with Gasteiger partial charge in [-0.1, -0.05) is 51.1 Å². The van der Waals surface area contributed by atoms with Gasteiger partial charge in [-0.3, -0.25) is 4.79 Å². The first-order valence-corrected chi connectivity index (χ1v) is 5.83. The van der Waals surface area contributed by atoms with E-state index in [0.717, 1.165) is 5.56 Å². The van der Waals surface area contributed by atoms with Crippen molar-refractivity contribution in [1.29, 1.82) is 0 Å². The molecule has 1 aromatic rings. The zero-order chi connectivity index (χ0) is 13.8. The van der Waals surface area contributed by atoms with Crippen molar-refractivity contribution in [2.75, 3.05) is 0 Å². The van der Waals surface area contributed by atoms with E-state index in [-0.39, 0.29) is 24.8 Å². The van der Waals surface area contributed by atoms with E-state index in [1.54, 1.807) is 20.8 Å². The standard InChI is InChI=1S/C14H19NO3.ClH/c1-14(2,3)12(16)11(15)13(17)18-9-10-7-5-4-6-8-10;/h4-8,11H,9,15H2,1-3H3;1H. The summed E-state index contributed by atoms with van der Waals surface area (Å²) in [5.41, 5.74) is 5.80. The monoisotopic (exact) mass is 285 g/mol. The molecule has 0 radical (unpaired) electrons. The fraction of sp³-hybridized carbons (Fsp3) is 0.429. The highest BCUT2D eigenvalue weighted by molar-refractivity contribution is 6.05. The van der Waals surface area contributed by atoms with Gasteiger partial charge in [-0.05, 0) is 5.56 Å². The van der Waals surface area contributed by atoms with Crippen molar-refractivity contribution < 1.29 is 14.3 Å². The Hall–Kier alpha value is -1.39. The summed E-state index contributed by atoms with van der Waals surface area (Å²) in [5.74, 6) is -1.00. The Morgan fingerprint density at radius 2 is 1.74 bits per heavy atom. The van der Waals surface area contributed by atoms with Crippen LogP contribution in [0.4, 0.5) is 0 Å². The number of carbonyl (C=O) groups is 2. The lowest BCUT2D eigenvalue weighted by atomic mass is 9.87. The molecule has 5 heteroatoms. The molecule has 0 bridgehead atoms. The Morgan fingerprint density at radius 3 is 2.21 bits per heavy atom. The maximum atomic E-state index is 11.8. The molecule has 0 aromatic heterocycles. The van der Waals surface area contributed by atoms with Crippen LogP contribution < -0.4 is 5.73 Å². The zero-order valence-electron chi connectivity index (χ0n) is 11.4. The Bertz CT molecular complexity index is 426. The second-order valence-corrected chi connectivity index (χ2v) is 5.19. The molecular formula is C14H20ClNO3. The fourth-order valence-corrected chi connectivity index (χ4v) is 1.39. The van der Waals surface area contributed by atoms with Gasteiger partial charge in [0.15, 0.2) is 11.8 Å². The van der Waals surface area contributed by atoms with Gasteiger partial charge >= 0.3 is 5.97 Å². The van der Waals surface area contributed by atoms with Crippen LogP contribution in [0.1, 0.15) is 26.3 Å². The number of hydrogen-bond acceptors (Lipinski definition) is 4. The molecule has 0 aliphatic carbocycles. The molecule has 2 N–H and O–H groups in total. The molecule has 0 heterocycles. The van der Waals surface area contributed by atoms with Crippen molar-refractivity contribution in [3.05, 3.63) is 35.9 Å². The lowest BCUT2D eigenvalue weighted by molar-refractivity contribution is -0.150. The van der Waals surface area contributed by atoms with Crippen LogP contribution in [-0.4, -0.2) is 17.8 Å². The number of carbonyl (C=O) groups excluding carboxylic acids is 2. The number of Topliss-reactive ketones (excluding diaryl/α,β-unsaturated/α-hetero) is 1. The number of hydrogen-bond donors (Lipinski definition) is 1. The van der Waals surface area contributed by atoms with Crippen molar-refractivity contribution >= 4 is 24.2 Å². The van der Waals surface area contributed by atoms with Crippen LogP contribution in [0.15, 0.2) is 30.3 Å². The van der Waals surface area contributed by atoms with Gasteiger partial charge < -0.3 is 10.5 Å². The van der Waals surface area contributed by atoms with E-state index in [4.69, 9.17) is 10.5 Å². The van der Waals surface area contributed by atoms with Gasteiger partial charge in [-0.15, -0.1) is 12.4 Å². The molecule has 0 aliphatic heterocycles. The Kier molecular flexibility index (Phi) is 6.73. The number of nitrogens with two attached hydrogens (primary N) is 1. The minimum absolute atomic E-state index is 0.